The molecule has 2 aliphatic rings. The van der Waals surface area contributed by atoms with E-state index < -0.39 is 0 Å². The highest BCUT2D eigenvalue weighted by molar-refractivity contribution is 5.76. The number of rotatable bonds is 8. The molecule has 2 aromatic heterocycles. The second kappa shape index (κ2) is 12.2. The Morgan fingerprint density at radius 1 is 0.972 bits per heavy atom. The standard InChI is InChI=1S/C30H42N4O2/c1-2-33-28-14-8-9-15-29(28)34(30(33)35)27-16-18-32(20-24-11-6-4-3-5-7-12-24)21-26(27)23-36-22-25-13-10-17-31-19-25/h8-10,13-15,17,19,24,26-27H,2-7,11-12,16,18,20-23H2,1H3. The van der Waals surface area contributed by atoms with Crippen LogP contribution in [0.1, 0.15) is 69.9 Å². The van der Waals surface area contributed by atoms with Crippen LogP contribution < -0.4 is 5.69 Å². The van der Waals surface area contributed by atoms with Gasteiger partial charge in [0.15, 0.2) is 0 Å². The fourth-order valence-electron chi connectivity index (χ4n) is 6.52. The topological polar surface area (TPSA) is 52.3 Å². The third-order valence-electron chi connectivity index (χ3n) is 8.36. The van der Waals surface area contributed by atoms with Gasteiger partial charge in [-0.05, 0) is 55.9 Å². The van der Waals surface area contributed by atoms with E-state index in [4.69, 9.17) is 4.74 Å². The normalized spacial score (nSPS) is 22.5. The van der Waals surface area contributed by atoms with Crippen LogP contribution in [-0.2, 0) is 17.9 Å². The molecule has 194 valence electrons. The van der Waals surface area contributed by atoms with Crippen molar-refractivity contribution in [1.29, 1.82) is 0 Å². The Labute approximate surface area is 215 Å². The van der Waals surface area contributed by atoms with E-state index >= 15 is 0 Å². The molecule has 2 atom stereocenters. The molecule has 0 N–H and O–H groups in total. The van der Waals surface area contributed by atoms with Gasteiger partial charge >= 0.3 is 5.69 Å². The Bertz CT molecular complexity index is 1150. The van der Waals surface area contributed by atoms with Crippen molar-refractivity contribution in [3.05, 3.63) is 64.8 Å². The van der Waals surface area contributed by atoms with Crippen LogP contribution in [0.3, 0.4) is 0 Å². The monoisotopic (exact) mass is 490 g/mol. The van der Waals surface area contributed by atoms with Crippen molar-refractivity contribution in [1.82, 2.24) is 19.0 Å². The Morgan fingerprint density at radius 2 is 1.75 bits per heavy atom. The number of likely N-dealkylation sites (tertiary alicyclic amines) is 1. The van der Waals surface area contributed by atoms with Crippen molar-refractivity contribution in [2.24, 2.45) is 11.8 Å². The molecule has 5 rings (SSSR count). The van der Waals surface area contributed by atoms with E-state index in [-0.39, 0.29) is 17.6 Å². The molecule has 0 amide bonds. The molecule has 1 saturated heterocycles. The van der Waals surface area contributed by atoms with E-state index in [1.807, 2.05) is 22.9 Å². The van der Waals surface area contributed by atoms with E-state index in [0.717, 1.165) is 42.0 Å². The number of nitrogens with zero attached hydrogens (tertiary/aromatic N) is 4. The van der Waals surface area contributed by atoms with Crippen LogP contribution >= 0.6 is 0 Å². The van der Waals surface area contributed by atoms with Crippen LogP contribution in [0.4, 0.5) is 0 Å². The second-order valence-electron chi connectivity index (χ2n) is 10.8. The number of hydrogen-bond acceptors (Lipinski definition) is 4. The predicted octanol–water partition coefficient (Wildman–Crippen LogP) is 5.66. The molecule has 1 aliphatic carbocycles. The van der Waals surface area contributed by atoms with Crippen LogP contribution in [0.5, 0.6) is 0 Å². The van der Waals surface area contributed by atoms with Crippen LogP contribution in [0, 0.1) is 11.8 Å². The maximum atomic E-state index is 13.6. The molecule has 0 spiro atoms. The summed E-state index contributed by atoms with van der Waals surface area (Å²) < 4.78 is 10.3. The first kappa shape index (κ1) is 25.2. The van der Waals surface area contributed by atoms with Gasteiger partial charge in [-0.3, -0.25) is 14.1 Å². The van der Waals surface area contributed by atoms with Crippen molar-refractivity contribution in [2.45, 2.75) is 77.5 Å². The highest BCUT2D eigenvalue weighted by Gasteiger charge is 2.34. The Balaban J connectivity index is 1.36. The summed E-state index contributed by atoms with van der Waals surface area (Å²) in [5.41, 5.74) is 3.31. The Morgan fingerprint density at radius 3 is 2.50 bits per heavy atom. The van der Waals surface area contributed by atoms with Gasteiger partial charge in [0, 0.05) is 50.5 Å². The summed E-state index contributed by atoms with van der Waals surface area (Å²) in [5, 5.41) is 0. The van der Waals surface area contributed by atoms with Crippen LogP contribution in [0.15, 0.2) is 53.6 Å². The van der Waals surface area contributed by atoms with Crippen molar-refractivity contribution in [3.63, 3.8) is 0 Å². The number of ether oxygens (including phenoxy) is 1. The summed E-state index contributed by atoms with van der Waals surface area (Å²) in [6.07, 6.45) is 14.4. The summed E-state index contributed by atoms with van der Waals surface area (Å²) in [6.45, 7) is 7.20. The maximum absolute atomic E-state index is 13.6. The summed E-state index contributed by atoms with van der Waals surface area (Å²) in [5.74, 6) is 1.08. The van der Waals surface area contributed by atoms with Crippen molar-refractivity contribution in [3.8, 4) is 0 Å². The van der Waals surface area contributed by atoms with E-state index in [2.05, 4.69) is 45.6 Å². The first-order valence-electron chi connectivity index (χ1n) is 14.1. The maximum Gasteiger partial charge on any atom is 0.329 e. The van der Waals surface area contributed by atoms with Crippen molar-refractivity contribution >= 4 is 11.0 Å². The lowest BCUT2D eigenvalue weighted by Crippen LogP contribution is -2.46. The number of imidazole rings is 1. The highest BCUT2D eigenvalue weighted by Crippen LogP contribution is 2.32. The van der Waals surface area contributed by atoms with E-state index in [0.29, 0.717) is 19.8 Å². The van der Waals surface area contributed by atoms with Crippen molar-refractivity contribution in [2.75, 3.05) is 26.2 Å². The average molecular weight is 491 g/mol. The minimum atomic E-state index is 0.120. The minimum Gasteiger partial charge on any atom is -0.376 e. The van der Waals surface area contributed by atoms with Crippen LogP contribution in [0.2, 0.25) is 0 Å². The first-order valence-corrected chi connectivity index (χ1v) is 14.1. The van der Waals surface area contributed by atoms with Gasteiger partial charge in [-0.2, -0.15) is 0 Å². The second-order valence-corrected chi connectivity index (χ2v) is 10.8. The number of aromatic nitrogens is 3. The lowest BCUT2D eigenvalue weighted by molar-refractivity contribution is 0.0202. The molecule has 2 fully saturated rings. The lowest BCUT2D eigenvalue weighted by atomic mass is 9.88. The third-order valence-corrected chi connectivity index (χ3v) is 8.36. The molecular formula is C30H42N4O2. The smallest absolute Gasteiger partial charge is 0.329 e. The molecule has 1 aromatic carbocycles. The molecule has 3 aromatic rings. The molecule has 1 saturated carbocycles. The molecule has 3 heterocycles. The van der Waals surface area contributed by atoms with Gasteiger partial charge in [0.25, 0.3) is 0 Å². The predicted molar refractivity (Wildman–Crippen MR) is 145 cm³/mol. The van der Waals surface area contributed by atoms with Gasteiger partial charge in [0.1, 0.15) is 0 Å². The highest BCUT2D eigenvalue weighted by atomic mass is 16.5. The van der Waals surface area contributed by atoms with Crippen molar-refractivity contribution < 1.29 is 4.74 Å². The fraction of sp³-hybridized carbons (Fsp3) is 0.600. The van der Waals surface area contributed by atoms with E-state index in [1.165, 1.54) is 51.5 Å². The number of piperidine rings is 1. The third kappa shape index (κ3) is 5.76. The fourth-order valence-corrected chi connectivity index (χ4v) is 6.52. The number of benzene rings is 1. The Hall–Kier alpha value is -2.44. The Kier molecular flexibility index (Phi) is 8.55. The zero-order chi connectivity index (χ0) is 24.7. The van der Waals surface area contributed by atoms with Gasteiger partial charge in [-0.1, -0.05) is 50.3 Å². The largest absolute Gasteiger partial charge is 0.376 e. The summed E-state index contributed by atoms with van der Waals surface area (Å²) in [4.78, 5) is 20.5. The number of fused-ring (bicyclic) bond motifs is 1. The molecular weight excluding hydrogens is 448 g/mol. The number of hydrogen-bond donors (Lipinski definition) is 0. The molecule has 6 nitrogen and oxygen atoms in total. The molecule has 0 bridgehead atoms. The van der Waals surface area contributed by atoms with Crippen LogP contribution in [0.25, 0.3) is 11.0 Å². The molecule has 2 unspecified atom stereocenters. The molecule has 36 heavy (non-hydrogen) atoms. The number of pyridine rings is 1. The van der Waals surface area contributed by atoms with Crippen LogP contribution in [-0.4, -0.2) is 45.3 Å². The van der Waals surface area contributed by atoms with Gasteiger partial charge in [-0.25, -0.2) is 4.79 Å². The SMILES string of the molecule is CCn1c(=O)n(C2CCN(CC3CCCCCCC3)CC2COCc2cccnc2)c2ccccc21. The van der Waals surface area contributed by atoms with E-state index in [9.17, 15) is 4.79 Å². The molecule has 1 aliphatic heterocycles. The number of aryl methyl sites for hydroxylation is 1. The van der Waals surface area contributed by atoms with Gasteiger partial charge in [-0.15, -0.1) is 0 Å². The number of para-hydroxylation sites is 2. The van der Waals surface area contributed by atoms with Gasteiger partial charge < -0.3 is 9.64 Å². The minimum absolute atomic E-state index is 0.120. The zero-order valence-corrected chi connectivity index (χ0v) is 21.9. The summed E-state index contributed by atoms with van der Waals surface area (Å²) in [7, 11) is 0. The van der Waals surface area contributed by atoms with Gasteiger partial charge in [0.05, 0.1) is 24.2 Å². The van der Waals surface area contributed by atoms with E-state index in [1.54, 1.807) is 6.20 Å². The summed E-state index contributed by atoms with van der Waals surface area (Å²) >= 11 is 0. The van der Waals surface area contributed by atoms with Gasteiger partial charge in [0.2, 0.25) is 0 Å². The molecule has 6 heteroatoms. The molecule has 0 radical (unpaired) electrons. The lowest BCUT2D eigenvalue weighted by Gasteiger charge is -2.40. The average Bonchev–Trinajstić information content (AvgIpc) is 3.17. The first-order chi connectivity index (χ1) is 17.7. The zero-order valence-electron chi connectivity index (χ0n) is 21.9. The quantitative estimate of drug-likeness (QED) is 0.409. The summed E-state index contributed by atoms with van der Waals surface area (Å²) in [6, 6.07) is 12.4.